The van der Waals surface area contributed by atoms with Crippen LogP contribution < -0.4 is 5.43 Å². The molecule has 1 aliphatic heterocycles. The van der Waals surface area contributed by atoms with Gasteiger partial charge in [-0.05, 0) is 25.0 Å². The Morgan fingerprint density at radius 1 is 0.895 bits per heavy atom. The number of rotatable bonds is 2. The average Bonchev–Trinajstić information content (AvgIpc) is 2.90. The van der Waals surface area contributed by atoms with Gasteiger partial charge >= 0.3 is 0 Å². The molecule has 1 atom stereocenters. The van der Waals surface area contributed by atoms with Crippen molar-refractivity contribution in [3.8, 4) is 0 Å². The summed E-state index contributed by atoms with van der Waals surface area (Å²) in [5.74, 6) is 0. The Morgan fingerprint density at radius 3 is 2.11 bits per heavy atom. The fourth-order valence-electron chi connectivity index (χ4n) is 2.36. The maximum Gasteiger partial charge on any atom is 0.0745 e. The summed E-state index contributed by atoms with van der Waals surface area (Å²) in [7, 11) is 0. The molecule has 0 spiro atoms. The Kier molecular flexibility index (Phi) is 3.08. The van der Waals surface area contributed by atoms with Crippen LogP contribution in [0.4, 0.5) is 0 Å². The fourth-order valence-corrected chi connectivity index (χ4v) is 2.36. The molecule has 0 fully saturated rings. The zero-order chi connectivity index (χ0) is 13.2. The highest BCUT2D eigenvalue weighted by atomic mass is 15.3. The molecule has 1 heterocycles. The van der Waals surface area contributed by atoms with Crippen LogP contribution in [0.15, 0.2) is 53.6 Å². The van der Waals surface area contributed by atoms with Gasteiger partial charge in [0, 0.05) is 6.42 Å². The highest BCUT2D eigenvalue weighted by Gasteiger charge is 2.20. The quantitative estimate of drug-likeness (QED) is 0.862. The van der Waals surface area contributed by atoms with E-state index in [4.69, 9.17) is 0 Å². The lowest BCUT2D eigenvalue weighted by Crippen LogP contribution is -2.09. The molecule has 0 aliphatic carbocycles. The summed E-state index contributed by atoms with van der Waals surface area (Å²) >= 11 is 0. The number of hydrazone groups is 1. The van der Waals surface area contributed by atoms with Crippen molar-refractivity contribution in [2.45, 2.75) is 26.3 Å². The minimum atomic E-state index is 0.303. The second kappa shape index (κ2) is 4.88. The first-order valence-electron chi connectivity index (χ1n) is 6.68. The molecule has 0 radical (unpaired) electrons. The molecule has 1 aliphatic rings. The van der Waals surface area contributed by atoms with Gasteiger partial charge in [0.05, 0.1) is 11.8 Å². The summed E-state index contributed by atoms with van der Waals surface area (Å²) in [4.78, 5) is 0. The van der Waals surface area contributed by atoms with Crippen LogP contribution in [0, 0.1) is 13.8 Å². The highest BCUT2D eigenvalue weighted by Crippen LogP contribution is 2.24. The van der Waals surface area contributed by atoms with Crippen molar-refractivity contribution >= 4 is 5.71 Å². The molecule has 0 saturated heterocycles. The predicted octanol–water partition coefficient (Wildman–Crippen LogP) is 3.74. The van der Waals surface area contributed by atoms with E-state index in [1.54, 1.807) is 0 Å². The maximum absolute atomic E-state index is 4.48. The van der Waals surface area contributed by atoms with Gasteiger partial charge in [-0.2, -0.15) is 5.10 Å². The Hall–Kier alpha value is -2.09. The largest absolute Gasteiger partial charge is 0.302 e. The van der Waals surface area contributed by atoms with Crippen molar-refractivity contribution in [3.05, 3.63) is 70.8 Å². The van der Waals surface area contributed by atoms with Crippen molar-refractivity contribution in [2.24, 2.45) is 5.10 Å². The lowest BCUT2D eigenvalue weighted by molar-refractivity contribution is 0.620. The first-order valence-corrected chi connectivity index (χ1v) is 6.68. The van der Waals surface area contributed by atoms with Gasteiger partial charge in [0.15, 0.2) is 0 Å². The topological polar surface area (TPSA) is 24.4 Å². The van der Waals surface area contributed by atoms with Crippen LogP contribution in [0.3, 0.4) is 0 Å². The Bertz CT molecular complexity index is 594. The molecule has 0 amide bonds. The summed E-state index contributed by atoms with van der Waals surface area (Å²) in [6, 6.07) is 17.5. The summed E-state index contributed by atoms with van der Waals surface area (Å²) in [5, 5.41) is 4.48. The normalized spacial score (nSPS) is 18.0. The number of aryl methyl sites for hydroxylation is 2. The molecule has 1 N–H and O–H groups in total. The minimum Gasteiger partial charge on any atom is -0.302 e. The minimum absolute atomic E-state index is 0.303. The Labute approximate surface area is 114 Å². The predicted molar refractivity (Wildman–Crippen MR) is 79.4 cm³/mol. The van der Waals surface area contributed by atoms with Crippen LogP contribution in [0.1, 0.15) is 34.7 Å². The molecule has 19 heavy (non-hydrogen) atoms. The molecule has 2 aromatic carbocycles. The van der Waals surface area contributed by atoms with E-state index >= 15 is 0 Å². The number of nitrogens with one attached hydrogen (secondary N) is 1. The zero-order valence-electron chi connectivity index (χ0n) is 11.4. The molecule has 0 saturated carbocycles. The first-order chi connectivity index (χ1) is 9.22. The van der Waals surface area contributed by atoms with Crippen LogP contribution in [0.25, 0.3) is 0 Å². The van der Waals surface area contributed by atoms with Gasteiger partial charge in [-0.3, -0.25) is 0 Å². The second-order valence-corrected chi connectivity index (χ2v) is 5.22. The molecule has 0 aromatic heterocycles. The lowest BCUT2D eigenvalue weighted by atomic mass is 9.98. The van der Waals surface area contributed by atoms with E-state index in [-0.39, 0.29) is 0 Å². The highest BCUT2D eigenvalue weighted by molar-refractivity contribution is 6.01. The van der Waals surface area contributed by atoms with Gasteiger partial charge in [-0.15, -0.1) is 0 Å². The molecule has 1 unspecified atom stereocenters. The summed E-state index contributed by atoms with van der Waals surface area (Å²) in [5.41, 5.74) is 9.48. The summed E-state index contributed by atoms with van der Waals surface area (Å²) in [6.45, 7) is 4.22. The van der Waals surface area contributed by atoms with Gasteiger partial charge < -0.3 is 5.43 Å². The van der Waals surface area contributed by atoms with E-state index in [0.29, 0.717) is 6.04 Å². The van der Waals surface area contributed by atoms with Gasteiger partial charge in [0.1, 0.15) is 0 Å². The summed E-state index contributed by atoms with van der Waals surface area (Å²) in [6.07, 6.45) is 0.951. The monoisotopic (exact) mass is 250 g/mol. The van der Waals surface area contributed by atoms with E-state index in [9.17, 15) is 0 Å². The van der Waals surface area contributed by atoms with E-state index in [1.807, 2.05) is 0 Å². The van der Waals surface area contributed by atoms with Crippen molar-refractivity contribution in [2.75, 3.05) is 0 Å². The average molecular weight is 250 g/mol. The standard InChI is InChI=1S/C17H18N2/c1-12-3-7-14(8-4-12)16-11-17(19-18-16)15-9-5-13(2)6-10-15/h3-10,16,18H,11H2,1-2H3. The van der Waals surface area contributed by atoms with Crippen molar-refractivity contribution in [1.29, 1.82) is 0 Å². The van der Waals surface area contributed by atoms with Crippen LogP contribution in [-0.2, 0) is 0 Å². The smallest absolute Gasteiger partial charge is 0.0745 e. The van der Waals surface area contributed by atoms with Crippen molar-refractivity contribution in [1.82, 2.24) is 5.43 Å². The van der Waals surface area contributed by atoms with Crippen molar-refractivity contribution in [3.63, 3.8) is 0 Å². The number of benzene rings is 2. The number of hydrogen-bond acceptors (Lipinski definition) is 2. The Balaban J connectivity index is 1.76. The molecule has 2 heteroatoms. The van der Waals surface area contributed by atoms with Crippen LogP contribution in [0.5, 0.6) is 0 Å². The molecule has 0 bridgehead atoms. The number of hydrogen-bond donors (Lipinski definition) is 1. The molecular weight excluding hydrogens is 232 g/mol. The SMILES string of the molecule is Cc1ccc(C2=NNC(c3ccc(C)cc3)C2)cc1. The Morgan fingerprint density at radius 2 is 1.47 bits per heavy atom. The summed E-state index contributed by atoms with van der Waals surface area (Å²) < 4.78 is 0. The third-order valence-electron chi connectivity index (χ3n) is 3.62. The zero-order valence-corrected chi connectivity index (χ0v) is 11.4. The van der Waals surface area contributed by atoms with Crippen LogP contribution in [-0.4, -0.2) is 5.71 Å². The molecule has 3 rings (SSSR count). The third-order valence-corrected chi connectivity index (χ3v) is 3.62. The number of nitrogens with zero attached hydrogens (tertiary/aromatic N) is 1. The van der Waals surface area contributed by atoms with Crippen LogP contribution >= 0.6 is 0 Å². The lowest BCUT2D eigenvalue weighted by Gasteiger charge is -2.10. The second-order valence-electron chi connectivity index (χ2n) is 5.22. The van der Waals surface area contributed by atoms with E-state index in [2.05, 4.69) is 72.9 Å². The van der Waals surface area contributed by atoms with Crippen molar-refractivity contribution < 1.29 is 0 Å². The van der Waals surface area contributed by atoms with E-state index in [0.717, 1.165) is 12.1 Å². The molecular formula is C17H18N2. The molecule has 2 aromatic rings. The molecule has 96 valence electrons. The molecule has 2 nitrogen and oxygen atoms in total. The van der Waals surface area contributed by atoms with Gasteiger partial charge in [-0.1, -0.05) is 59.7 Å². The van der Waals surface area contributed by atoms with E-state index in [1.165, 1.54) is 22.3 Å². The first kappa shape index (κ1) is 12.0. The van der Waals surface area contributed by atoms with Gasteiger partial charge in [0.25, 0.3) is 0 Å². The van der Waals surface area contributed by atoms with Crippen LogP contribution in [0.2, 0.25) is 0 Å². The van der Waals surface area contributed by atoms with Gasteiger partial charge in [0.2, 0.25) is 0 Å². The van der Waals surface area contributed by atoms with Gasteiger partial charge in [-0.25, -0.2) is 0 Å². The third kappa shape index (κ3) is 2.53. The van der Waals surface area contributed by atoms with E-state index < -0.39 is 0 Å². The fraction of sp³-hybridized carbons (Fsp3) is 0.235. The maximum atomic E-state index is 4.48.